The molecule has 256 valence electrons. The van der Waals surface area contributed by atoms with Gasteiger partial charge >= 0.3 is 0 Å². The highest BCUT2D eigenvalue weighted by Gasteiger charge is 2.27. The van der Waals surface area contributed by atoms with Gasteiger partial charge in [0, 0.05) is 22.1 Å². The minimum Gasteiger partial charge on any atom is -0.355 e. The second-order valence-corrected chi connectivity index (χ2v) is 13.8. The van der Waals surface area contributed by atoms with Crippen LogP contribution in [0.25, 0.3) is 55.5 Å². The molecule has 4 nitrogen and oxygen atoms in total. The van der Waals surface area contributed by atoms with E-state index in [0.29, 0.717) is 0 Å². The first-order valence-corrected chi connectivity index (χ1v) is 19.0. The molecule has 6 rings (SSSR count). The summed E-state index contributed by atoms with van der Waals surface area (Å²) >= 11 is 0. The van der Waals surface area contributed by atoms with E-state index in [4.69, 9.17) is 9.97 Å². The number of nitrogens with zero attached hydrogens (tertiary/aromatic N) is 2. The Morgan fingerprint density at radius 1 is 0.429 bits per heavy atom. The lowest BCUT2D eigenvalue weighted by Gasteiger charge is -2.16. The first kappa shape index (κ1) is 34.7. The van der Waals surface area contributed by atoms with Gasteiger partial charge in [-0.25, -0.2) is 9.97 Å². The zero-order chi connectivity index (χ0) is 35.1. The predicted octanol–water partition coefficient (Wildman–Crippen LogP) is 12.6. The number of fused-ring (bicyclic) bond motifs is 8. The first-order valence-electron chi connectivity index (χ1n) is 19.0. The van der Waals surface area contributed by atoms with Gasteiger partial charge in [0.05, 0.1) is 28.3 Å². The molecule has 4 heteroatoms. The molecule has 3 aromatic heterocycles. The fourth-order valence-corrected chi connectivity index (χ4v) is 9.01. The SMILES string of the molecule is CCC1=C(CC)c2cc3[nH]c(cc4[nH]c(c(CC)c4CC)c(-c4c(C)cc(C)cc4C)c4nc(cc1n2)C(CC)=C4CC)c(CC)c3CC. The van der Waals surface area contributed by atoms with Crippen molar-refractivity contribution in [2.24, 2.45) is 0 Å². The molecule has 2 aliphatic heterocycles. The fraction of sp³-hybridized carbons (Fsp3) is 0.422. The van der Waals surface area contributed by atoms with Crippen molar-refractivity contribution in [3.63, 3.8) is 0 Å². The molecule has 0 saturated carbocycles. The molecule has 0 aliphatic carbocycles. The quantitative estimate of drug-likeness (QED) is 0.189. The van der Waals surface area contributed by atoms with Crippen molar-refractivity contribution >= 4 is 44.4 Å². The van der Waals surface area contributed by atoms with Crippen LogP contribution in [0.3, 0.4) is 0 Å². The van der Waals surface area contributed by atoms with Gasteiger partial charge in [-0.1, -0.05) is 73.1 Å². The summed E-state index contributed by atoms with van der Waals surface area (Å²) in [5.74, 6) is 0. The molecule has 0 spiro atoms. The Hall–Kier alpha value is -4.18. The number of nitrogens with one attached hydrogen (secondary N) is 2. The Morgan fingerprint density at radius 3 is 1.41 bits per heavy atom. The van der Waals surface area contributed by atoms with Gasteiger partial charge in [-0.15, -0.1) is 0 Å². The molecule has 2 aliphatic rings. The molecule has 0 unspecified atom stereocenters. The number of allylic oxidation sites excluding steroid dienone is 4. The molecule has 0 amide bonds. The van der Waals surface area contributed by atoms with Crippen molar-refractivity contribution in [3.8, 4) is 11.1 Å². The lowest BCUT2D eigenvalue weighted by Crippen LogP contribution is -1.97. The molecule has 5 heterocycles. The van der Waals surface area contributed by atoms with E-state index in [0.717, 1.165) is 74.1 Å². The van der Waals surface area contributed by atoms with Crippen LogP contribution in [0, 0.1) is 20.8 Å². The van der Waals surface area contributed by atoms with Crippen LogP contribution in [0.15, 0.2) is 30.3 Å². The van der Waals surface area contributed by atoms with E-state index in [9.17, 15) is 0 Å². The summed E-state index contributed by atoms with van der Waals surface area (Å²) in [6.07, 6.45) is 7.60. The van der Waals surface area contributed by atoms with E-state index in [-0.39, 0.29) is 0 Å². The Bertz CT molecular complexity index is 2160. The minimum absolute atomic E-state index is 0.924. The van der Waals surface area contributed by atoms with E-state index >= 15 is 0 Å². The van der Waals surface area contributed by atoms with Crippen LogP contribution in [0.1, 0.15) is 143 Å². The second-order valence-electron chi connectivity index (χ2n) is 13.8. The van der Waals surface area contributed by atoms with E-state index in [1.54, 1.807) is 0 Å². The summed E-state index contributed by atoms with van der Waals surface area (Å²) in [4.78, 5) is 19.1. The Morgan fingerprint density at radius 2 is 0.878 bits per heavy atom. The van der Waals surface area contributed by atoms with E-state index < -0.39 is 0 Å². The van der Waals surface area contributed by atoms with Gasteiger partial charge in [0.15, 0.2) is 0 Å². The number of aromatic amines is 2. The van der Waals surface area contributed by atoms with E-state index in [2.05, 4.69) is 116 Å². The molecule has 0 fully saturated rings. The standard InChI is InChI=1S/C45H56N4/c1-12-28-30(14-3)38-23-40-32(16-5)34(18-7)44(48-40)43(42-26(10)20-25(9)21-27(42)11)45-35(19-8)33(17-6)41(49-45)24-39-31(15-4)29(13-2)37(47-39)22-36(28)46-38/h20-24,46,48H,12-19H2,1-11H3. The largest absolute Gasteiger partial charge is 0.355 e. The molecule has 49 heavy (non-hydrogen) atoms. The van der Waals surface area contributed by atoms with Gasteiger partial charge < -0.3 is 9.97 Å². The van der Waals surface area contributed by atoms with Crippen molar-refractivity contribution in [2.45, 2.75) is 128 Å². The Labute approximate surface area is 294 Å². The number of hydrogen-bond donors (Lipinski definition) is 2. The number of aromatic nitrogens is 4. The minimum atomic E-state index is 0.924. The first-order chi connectivity index (χ1) is 23.7. The third-order valence-electron chi connectivity index (χ3n) is 11.0. The summed E-state index contributed by atoms with van der Waals surface area (Å²) in [6, 6.07) is 11.7. The molecule has 0 saturated heterocycles. The third kappa shape index (κ3) is 5.71. The van der Waals surface area contributed by atoms with Crippen molar-refractivity contribution in [3.05, 3.63) is 92.1 Å². The van der Waals surface area contributed by atoms with Crippen molar-refractivity contribution in [1.82, 2.24) is 19.9 Å². The summed E-state index contributed by atoms with van der Waals surface area (Å²) in [5, 5.41) is 0. The maximum atomic E-state index is 5.66. The molecular formula is C45H56N4. The van der Waals surface area contributed by atoms with Crippen LogP contribution in [0.5, 0.6) is 0 Å². The number of rotatable bonds is 9. The molecule has 2 N–H and O–H groups in total. The third-order valence-corrected chi connectivity index (χ3v) is 11.0. The lowest BCUT2D eigenvalue weighted by molar-refractivity contribution is 1.07. The van der Waals surface area contributed by atoms with Gasteiger partial charge in [0.2, 0.25) is 0 Å². The molecule has 4 aromatic rings. The maximum Gasteiger partial charge on any atom is 0.0772 e. The number of benzene rings is 1. The average molecular weight is 653 g/mol. The van der Waals surface area contributed by atoms with Crippen LogP contribution in [-0.4, -0.2) is 19.9 Å². The fourth-order valence-electron chi connectivity index (χ4n) is 9.01. The van der Waals surface area contributed by atoms with Crippen LogP contribution in [-0.2, 0) is 25.7 Å². The number of H-pyrrole nitrogens is 2. The van der Waals surface area contributed by atoms with Gasteiger partial charge in [-0.3, -0.25) is 0 Å². The summed E-state index contributed by atoms with van der Waals surface area (Å²) in [6.45, 7) is 25.1. The maximum absolute atomic E-state index is 5.66. The van der Waals surface area contributed by atoms with Crippen LogP contribution in [0.2, 0.25) is 0 Å². The van der Waals surface area contributed by atoms with Crippen LogP contribution < -0.4 is 0 Å². The smallest absolute Gasteiger partial charge is 0.0772 e. The summed E-state index contributed by atoms with van der Waals surface area (Å²) in [7, 11) is 0. The normalized spacial score (nSPS) is 13.3. The highest BCUT2D eigenvalue weighted by atomic mass is 14.8. The zero-order valence-electron chi connectivity index (χ0n) is 31.9. The highest BCUT2D eigenvalue weighted by Crippen LogP contribution is 2.45. The molecule has 8 bridgehead atoms. The molecular weight excluding hydrogens is 597 g/mol. The topological polar surface area (TPSA) is 57.4 Å². The predicted molar refractivity (Wildman–Crippen MR) is 213 cm³/mol. The summed E-state index contributed by atoms with van der Waals surface area (Å²) < 4.78 is 0. The van der Waals surface area contributed by atoms with Gasteiger partial charge in [-0.2, -0.15) is 0 Å². The molecule has 1 aromatic carbocycles. The second kappa shape index (κ2) is 14.0. The highest BCUT2D eigenvalue weighted by molar-refractivity contribution is 6.03. The summed E-state index contributed by atoms with van der Waals surface area (Å²) in [5.41, 5.74) is 26.6. The van der Waals surface area contributed by atoms with Crippen molar-refractivity contribution in [1.29, 1.82) is 0 Å². The average Bonchev–Trinajstić information content (AvgIpc) is 3.81. The van der Waals surface area contributed by atoms with Gasteiger partial charge in [0.1, 0.15) is 0 Å². The Kier molecular flexibility index (Phi) is 9.89. The lowest BCUT2D eigenvalue weighted by atomic mass is 9.88. The molecule has 0 atom stereocenters. The monoisotopic (exact) mass is 652 g/mol. The van der Waals surface area contributed by atoms with Crippen molar-refractivity contribution < 1.29 is 0 Å². The van der Waals surface area contributed by atoms with Crippen molar-refractivity contribution in [2.75, 3.05) is 0 Å². The van der Waals surface area contributed by atoms with Gasteiger partial charge in [-0.05, 0) is 152 Å². The zero-order valence-corrected chi connectivity index (χ0v) is 31.9. The number of hydrogen-bond acceptors (Lipinski definition) is 2. The molecule has 0 radical (unpaired) electrons. The Balaban J connectivity index is 1.96. The van der Waals surface area contributed by atoms with Crippen LogP contribution >= 0.6 is 0 Å². The van der Waals surface area contributed by atoms with E-state index in [1.165, 1.54) is 94.4 Å². The van der Waals surface area contributed by atoms with Crippen LogP contribution in [0.4, 0.5) is 0 Å². The van der Waals surface area contributed by atoms with E-state index in [1.807, 2.05) is 0 Å². The number of aryl methyl sites for hydroxylation is 7. The van der Waals surface area contributed by atoms with Gasteiger partial charge in [0.25, 0.3) is 0 Å².